The summed E-state index contributed by atoms with van der Waals surface area (Å²) in [5, 5.41) is 3.76. The molecule has 1 N–H and O–H groups in total. The van der Waals surface area contributed by atoms with Gasteiger partial charge in [-0.3, -0.25) is 0 Å². The first-order valence-electron chi connectivity index (χ1n) is 9.77. The number of rotatable bonds is 12. The van der Waals surface area contributed by atoms with E-state index in [1.54, 1.807) is 0 Å². The third-order valence-corrected chi connectivity index (χ3v) is 5.08. The van der Waals surface area contributed by atoms with Crippen molar-refractivity contribution < 1.29 is 0 Å². The fourth-order valence-corrected chi connectivity index (χ4v) is 3.62. The standard InChI is InChI=1S/C19H40N2/c1-4-7-8-9-10-11-12-15-21-16-13-19(20-14-5-2)18(6-3)17-21/h18-20H,4-17H2,1-3H3. The molecule has 126 valence electrons. The minimum atomic E-state index is 0.778. The van der Waals surface area contributed by atoms with Crippen LogP contribution in [0.1, 0.15) is 85.0 Å². The van der Waals surface area contributed by atoms with E-state index >= 15 is 0 Å². The zero-order valence-electron chi connectivity index (χ0n) is 15.0. The summed E-state index contributed by atoms with van der Waals surface area (Å²) in [5.74, 6) is 0.870. The van der Waals surface area contributed by atoms with Crippen LogP contribution < -0.4 is 5.32 Å². The molecule has 0 radical (unpaired) electrons. The van der Waals surface area contributed by atoms with Gasteiger partial charge in [-0.05, 0) is 44.8 Å². The Labute approximate surface area is 134 Å². The number of nitrogens with zero attached hydrogens (tertiary/aromatic N) is 1. The summed E-state index contributed by atoms with van der Waals surface area (Å²) >= 11 is 0. The zero-order chi connectivity index (χ0) is 15.3. The zero-order valence-corrected chi connectivity index (χ0v) is 15.0. The maximum atomic E-state index is 3.76. The first-order chi connectivity index (χ1) is 10.3. The van der Waals surface area contributed by atoms with Crippen molar-refractivity contribution in [2.24, 2.45) is 5.92 Å². The van der Waals surface area contributed by atoms with Crippen LogP contribution >= 0.6 is 0 Å². The van der Waals surface area contributed by atoms with Gasteiger partial charge in [0.1, 0.15) is 0 Å². The predicted molar refractivity (Wildman–Crippen MR) is 94.9 cm³/mol. The molecule has 1 saturated heterocycles. The van der Waals surface area contributed by atoms with Crippen LogP contribution in [0.25, 0.3) is 0 Å². The van der Waals surface area contributed by atoms with E-state index in [2.05, 4.69) is 31.0 Å². The Kier molecular flexibility index (Phi) is 11.3. The van der Waals surface area contributed by atoms with Gasteiger partial charge in [-0.25, -0.2) is 0 Å². The average Bonchev–Trinajstić information content (AvgIpc) is 2.52. The predicted octanol–water partition coefficient (Wildman–Crippen LogP) is 4.84. The fourth-order valence-electron chi connectivity index (χ4n) is 3.62. The highest BCUT2D eigenvalue weighted by Gasteiger charge is 2.26. The van der Waals surface area contributed by atoms with Gasteiger partial charge in [0, 0.05) is 12.6 Å². The molecule has 0 aromatic heterocycles. The van der Waals surface area contributed by atoms with E-state index in [0.717, 1.165) is 12.0 Å². The minimum absolute atomic E-state index is 0.778. The summed E-state index contributed by atoms with van der Waals surface area (Å²) in [6.07, 6.45) is 13.9. The van der Waals surface area contributed by atoms with Gasteiger partial charge in [0.15, 0.2) is 0 Å². The lowest BCUT2D eigenvalue weighted by atomic mass is 9.89. The van der Waals surface area contributed by atoms with Crippen LogP contribution in [0, 0.1) is 5.92 Å². The molecule has 1 rings (SSSR count). The highest BCUT2D eigenvalue weighted by molar-refractivity contribution is 4.84. The summed E-state index contributed by atoms with van der Waals surface area (Å²) in [6.45, 7) is 12.1. The number of piperidine rings is 1. The van der Waals surface area contributed by atoms with Crippen molar-refractivity contribution in [3.63, 3.8) is 0 Å². The monoisotopic (exact) mass is 296 g/mol. The molecule has 0 spiro atoms. The van der Waals surface area contributed by atoms with Gasteiger partial charge in [-0.1, -0.05) is 65.7 Å². The lowest BCUT2D eigenvalue weighted by Gasteiger charge is -2.39. The number of hydrogen-bond donors (Lipinski definition) is 1. The van der Waals surface area contributed by atoms with Crippen molar-refractivity contribution in [1.82, 2.24) is 10.2 Å². The largest absolute Gasteiger partial charge is 0.314 e. The Morgan fingerprint density at radius 2 is 1.62 bits per heavy atom. The van der Waals surface area contributed by atoms with Crippen LogP contribution in [-0.4, -0.2) is 37.1 Å². The molecule has 0 aromatic carbocycles. The molecule has 0 aliphatic carbocycles. The first kappa shape index (κ1) is 19.0. The van der Waals surface area contributed by atoms with Crippen molar-refractivity contribution in [1.29, 1.82) is 0 Å². The summed E-state index contributed by atoms with van der Waals surface area (Å²) in [5.41, 5.74) is 0. The molecule has 2 nitrogen and oxygen atoms in total. The molecule has 2 atom stereocenters. The van der Waals surface area contributed by atoms with E-state index in [-0.39, 0.29) is 0 Å². The van der Waals surface area contributed by atoms with Gasteiger partial charge >= 0.3 is 0 Å². The summed E-state index contributed by atoms with van der Waals surface area (Å²) in [4.78, 5) is 2.73. The smallest absolute Gasteiger partial charge is 0.0120 e. The minimum Gasteiger partial charge on any atom is -0.314 e. The van der Waals surface area contributed by atoms with Crippen molar-refractivity contribution in [3.8, 4) is 0 Å². The quantitative estimate of drug-likeness (QED) is 0.519. The van der Waals surface area contributed by atoms with Crippen molar-refractivity contribution >= 4 is 0 Å². The molecular weight excluding hydrogens is 256 g/mol. The lowest BCUT2D eigenvalue weighted by Crippen LogP contribution is -2.49. The van der Waals surface area contributed by atoms with E-state index < -0.39 is 0 Å². The van der Waals surface area contributed by atoms with E-state index in [1.165, 1.54) is 90.4 Å². The first-order valence-corrected chi connectivity index (χ1v) is 9.77. The van der Waals surface area contributed by atoms with Gasteiger partial charge in [-0.2, -0.15) is 0 Å². The van der Waals surface area contributed by atoms with Crippen LogP contribution in [-0.2, 0) is 0 Å². The molecular formula is C19H40N2. The molecule has 1 heterocycles. The van der Waals surface area contributed by atoms with Gasteiger partial charge < -0.3 is 10.2 Å². The summed E-state index contributed by atoms with van der Waals surface area (Å²) < 4.78 is 0. The van der Waals surface area contributed by atoms with Gasteiger partial charge in [0.25, 0.3) is 0 Å². The third-order valence-electron chi connectivity index (χ3n) is 5.08. The van der Waals surface area contributed by atoms with E-state index in [0.29, 0.717) is 0 Å². The molecule has 1 aliphatic heterocycles. The maximum absolute atomic E-state index is 3.76. The molecule has 0 aromatic rings. The molecule has 0 saturated carbocycles. The highest BCUT2D eigenvalue weighted by Crippen LogP contribution is 2.21. The Balaban J connectivity index is 2.09. The van der Waals surface area contributed by atoms with Crippen LogP contribution in [0.2, 0.25) is 0 Å². The normalized spacial score (nSPS) is 23.6. The van der Waals surface area contributed by atoms with Crippen molar-refractivity contribution in [3.05, 3.63) is 0 Å². The van der Waals surface area contributed by atoms with Gasteiger partial charge in [0.2, 0.25) is 0 Å². The molecule has 21 heavy (non-hydrogen) atoms. The fraction of sp³-hybridized carbons (Fsp3) is 1.00. The summed E-state index contributed by atoms with van der Waals surface area (Å²) in [6, 6.07) is 0.778. The van der Waals surface area contributed by atoms with E-state index in [9.17, 15) is 0 Å². The molecule has 2 unspecified atom stereocenters. The van der Waals surface area contributed by atoms with Crippen molar-refractivity contribution in [2.75, 3.05) is 26.2 Å². The Morgan fingerprint density at radius 1 is 0.905 bits per heavy atom. The van der Waals surface area contributed by atoms with Crippen molar-refractivity contribution in [2.45, 2.75) is 91.0 Å². The van der Waals surface area contributed by atoms with Crippen LogP contribution in [0.5, 0.6) is 0 Å². The highest BCUT2D eigenvalue weighted by atomic mass is 15.1. The molecule has 1 fully saturated rings. The SMILES string of the molecule is CCCCCCCCCN1CCC(NCCC)C(CC)C1. The van der Waals surface area contributed by atoms with E-state index in [4.69, 9.17) is 0 Å². The van der Waals surface area contributed by atoms with E-state index in [1.807, 2.05) is 0 Å². The molecule has 0 amide bonds. The van der Waals surface area contributed by atoms with Gasteiger partial charge in [0.05, 0.1) is 0 Å². The molecule has 2 heteroatoms. The molecule has 0 bridgehead atoms. The van der Waals surface area contributed by atoms with Crippen LogP contribution in [0.3, 0.4) is 0 Å². The maximum Gasteiger partial charge on any atom is 0.0120 e. The summed E-state index contributed by atoms with van der Waals surface area (Å²) in [7, 11) is 0. The van der Waals surface area contributed by atoms with Crippen LogP contribution in [0.4, 0.5) is 0 Å². The topological polar surface area (TPSA) is 15.3 Å². The second-order valence-corrected chi connectivity index (χ2v) is 6.94. The number of nitrogens with one attached hydrogen (secondary N) is 1. The Morgan fingerprint density at radius 3 is 2.29 bits per heavy atom. The van der Waals surface area contributed by atoms with Gasteiger partial charge in [-0.15, -0.1) is 0 Å². The molecule has 1 aliphatic rings. The number of likely N-dealkylation sites (tertiary alicyclic amines) is 1. The lowest BCUT2D eigenvalue weighted by molar-refractivity contribution is 0.133. The van der Waals surface area contributed by atoms with Crippen LogP contribution in [0.15, 0.2) is 0 Å². The second-order valence-electron chi connectivity index (χ2n) is 6.94. The Bertz CT molecular complexity index is 230. The average molecular weight is 297 g/mol. The number of hydrogen-bond acceptors (Lipinski definition) is 2. The number of unbranched alkanes of at least 4 members (excludes halogenated alkanes) is 6. The third kappa shape index (κ3) is 8.21. The Hall–Kier alpha value is -0.0800. The second kappa shape index (κ2) is 12.5.